The molecule has 35 heavy (non-hydrogen) atoms. The number of aromatic nitrogens is 4. The molecule has 2 fully saturated rings. The van der Waals surface area contributed by atoms with Gasteiger partial charge in [0.1, 0.15) is 5.82 Å². The first kappa shape index (κ1) is 23.4. The van der Waals surface area contributed by atoms with Gasteiger partial charge in [0.15, 0.2) is 11.5 Å². The molecular weight excluding hydrogens is 442 g/mol. The zero-order chi connectivity index (χ0) is 23.9. The van der Waals surface area contributed by atoms with Gasteiger partial charge in [-0.1, -0.05) is 0 Å². The summed E-state index contributed by atoms with van der Waals surface area (Å²) in [6.45, 7) is 6.06. The fourth-order valence-electron chi connectivity index (χ4n) is 4.91. The van der Waals surface area contributed by atoms with Crippen molar-refractivity contribution in [2.24, 2.45) is 0 Å². The van der Waals surface area contributed by atoms with Crippen LogP contribution in [0.1, 0.15) is 38.1 Å². The second-order valence-electron chi connectivity index (χ2n) is 9.18. The van der Waals surface area contributed by atoms with E-state index >= 15 is 0 Å². The fourth-order valence-corrected chi connectivity index (χ4v) is 4.91. The zero-order valence-corrected chi connectivity index (χ0v) is 20.5. The molecule has 1 N–H and O–H groups in total. The Balaban J connectivity index is 1.18. The van der Waals surface area contributed by atoms with Gasteiger partial charge in [0.25, 0.3) is 0 Å². The Kier molecular flexibility index (Phi) is 7.62. The largest absolute Gasteiger partial charge is 0.493 e. The number of hydrogen-bond acceptors (Lipinski definition) is 8. The summed E-state index contributed by atoms with van der Waals surface area (Å²) in [6.07, 6.45) is 11.4. The van der Waals surface area contributed by atoms with Crippen molar-refractivity contribution in [3.63, 3.8) is 0 Å². The molecule has 0 bridgehead atoms. The molecule has 0 spiro atoms. The molecule has 2 aliphatic heterocycles. The summed E-state index contributed by atoms with van der Waals surface area (Å²) in [7, 11) is 1.67. The summed E-state index contributed by atoms with van der Waals surface area (Å²) in [5.41, 5.74) is 0.870. The maximum absolute atomic E-state index is 6.08. The predicted octanol–water partition coefficient (Wildman–Crippen LogP) is 4.13. The van der Waals surface area contributed by atoms with E-state index in [2.05, 4.69) is 29.9 Å². The third-order valence-corrected chi connectivity index (χ3v) is 6.82. The lowest BCUT2D eigenvalue weighted by Crippen LogP contribution is -2.35. The number of anilines is 3. The summed E-state index contributed by atoms with van der Waals surface area (Å²) >= 11 is 0. The van der Waals surface area contributed by atoms with E-state index < -0.39 is 0 Å². The van der Waals surface area contributed by atoms with Crippen molar-refractivity contribution in [3.05, 3.63) is 48.9 Å². The molecule has 0 radical (unpaired) electrons. The van der Waals surface area contributed by atoms with Crippen molar-refractivity contribution in [2.75, 3.05) is 56.7 Å². The molecule has 0 unspecified atom stereocenters. The lowest BCUT2D eigenvalue weighted by molar-refractivity contribution is 0.254. The van der Waals surface area contributed by atoms with Gasteiger partial charge < -0.3 is 24.6 Å². The van der Waals surface area contributed by atoms with Crippen molar-refractivity contribution >= 4 is 17.5 Å². The SMILES string of the molecule is COc1ccc(Nc2nccc(N3CCC(n4cccn4)CC3)n2)cc1OCCCN1CCCC1. The number of benzene rings is 1. The third kappa shape index (κ3) is 6.03. The van der Waals surface area contributed by atoms with Crippen LogP contribution in [-0.4, -0.2) is 71.1 Å². The summed E-state index contributed by atoms with van der Waals surface area (Å²) in [5.74, 6) is 2.97. The molecule has 2 aromatic heterocycles. The first-order chi connectivity index (χ1) is 17.3. The van der Waals surface area contributed by atoms with E-state index in [1.165, 1.54) is 25.9 Å². The number of ether oxygens (including phenoxy) is 2. The van der Waals surface area contributed by atoms with Crippen LogP contribution in [0.15, 0.2) is 48.9 Å². The first-order valence-corrected chi connectivity index (χ1v) is 12.7. The summed E-state index contributed by atoms with van der Waals surface area (Å²) in [5, 5.41) is 7.74. The normalized spacial score (nSPS) is 17.0. The molecule has 0 atom stereocenters. The predicted molar refractivity (Wildman–Crippen MR) is 137 cm³/mol. The highest BCUT2D eigenvalue weighted by atomic mass is 16.5. The monoisotopic (exact) mass is 477 g/mol. The molecule has 4 heterocycles. The van der Waals surface area contributed by atoms with Crippen LogP contribution < -0.4 is 19.7 Å². The van der Waals surface area contributed by atoms with Crippen LogP contribution in [0.2, 0.25) is 0 Å². The molecule has 186 valence electrons. The van der Waals surface area contributed by atoms with Crippen LogP contribution in [-0.2, 0) is 0 Å². The minimum absolute atomic E-state index is 0.453. The highest BCUT2D eigenvalue weighted by molar-refractivity contribution is 5.60. The quantitative estimate of drug-likeness (QED) is 0.437. The Labute approximate surface area is 207 Å². The average molecular weight is 478 g/mol. The van der Waals surface area contributed by atoms with Gasteiger partial charge in [-0.2, -0.15) is 10.1 Å². The smallest absolute Gasteiger partial charge is 0.229 e. The molecule has 2 aliphatic rings. The fraction of sp³-hybridized carbons (Fsp3) is 0.500. The van der Waals surface area contributed by atoms with Crippen LogP contribution in [0.4, 0.5) is 17.5 Å². The van der Waals surface area contributed by atoms with Crippen molar-refractivity contribution in [1.29, 1.82) is 0 Å². The third-order valence-electron chi connectivity index (χ3n) is 6.82. The van der Waals surface area contributed by atoms with E-state index in [4.69, 9.17) is 14.5 Å². The van der Waals surface area contributed by atoms with Gasteiger partial charge in [0, 0.05) is 50.0 Å². The van der Waals surface area contributed by atoms with Crippen LogP contribution in [0.5, 0.6) is 11.5 Å². The van der Waals surface area contributed by atoms with Crippen LogP contribution in [0.25, 0.3) is 0 Å². The summed E-state index contributed by atoms with van der Waals surface area (Å²) in [6, 6.07) is 10.2. The number of piperidine rings is 1. The van der Waals surface area contributed by atoms with Gasteiger partial charge in [-0.25, -0.2) is 4.98 Å². The maximum Gasteiger partial charge on any atom is 0.229 e. The molecule has 3 aromatic rings. The Morgan fingerprint density at radius 3 is 2.66 bits per heavy atom. The molecule has 5 rings (SSSR count). The van der Waals surface area contributed by atoms with E-state index in [0.717, 1.165) is 61.9 Å². The molecule has 0 amide bonds. The van der Waals surface area contributed by atoms with Gasteiger partial charge in [-0.3, -0.25) is 4.68 Å². The van der Waals surface area contributed by atoms with E-state index in [1.54, 1.807) is 7.11 Å². The van der Waals surface area contributed by atoms with E-state index in [1.807, 2.05) is 48.9 Å². The second kappa shape index (κ2) is 11.4. The van der Waals surface area contributed by atoms with Gasteiger partial charge in [-0.15, -0.1) is 0 Å². The van der Waals surface area contributed by atoms with Crippen molar-refractivity contribution < 1.29 is 9.47 Å². The van der Waals surface area contributed by atoms with Crippen molar-refractivity contribution in [1.82, 2.24) is 24.6 Å². The molecule has 9 heteroatoms. The summed E-state index contributed by atoms with van der Waals surface area (Å²) < 4.78 is 13.7. The topological polar surface area (TPSA) is 80.6 Å². The van der Waals surface area contributed by atoms with Crippen molar-refractivity contribution in [2.45, 2.75) is 38.1 Å². The Bertz CT molecular complexity index is 1060. The van der Waals surface area contributed by atoms with E-state index in [-0.39, 0.29) is 0 Å². The molecule has 9 nitrogen and oxygen atoms in total. The first-order valence-electron chi connectivity index (χ1n) is 12.7. The van der Waals surface area contributed by atoms with Gasteiger partial charge in [-0.05, 0) is 69.5 Å². The lowest BCUT2D eigenvalue weighted by Gasteiger charge is -2.32. The van der Waals surface area contributed by atoms with Crippen LogP contribution in [0, 0.1) is 0 Å². The Hall–Kier alpha value is -3.33. The number of methoxy groups -OCH3 is 1. The van der Waals surface area contributed by atoms with E-state index in [9.17, 15) is 0 Å². The second-order valence-corrected chi connectivity index (χ2v) is 9.18. The highest BCUT2D eigenvalue weighted by Gasteiger charge is 2.22. The maximum atomic E-state index is 6.08. The Morgan fingerprint density at radius 2 is 1.89 bits per heavy atom. The van der Waals surface area contributed by atoms with Gasteiger partial charge >= 0.3 is 0 Å². The number of rotatable bonds is 10. The molecular formula is C26H35N7O2. The minimum Gasteiger partial charge on any atom is -0.493 e. The number of nitrogens with one attached hydrogen (secondary N) is 1. The molecule has 2 saturated heterocycles. The number of likely N-dealkylation sites (tertiary alicyclic amines) is 1. The molecule has 1 aromatic carbocycles. The van der Waals surface area contributed by atoms with Crippen LogP contribution >= 0.6 is 0 Å². The average Bonchev–Trinajstić information content (AvgIpc) is 3.62. The standard InChI is InChI=1S/C26H35N7O2/c1-34-23-7-6-21(20-24(23)35-19-5-15-31-13-2-3-14-31)29-26-27-12-8-25(30-26)32-17-9-22(10-18-32)33-16-4-11-28-33/h4,6-8,11-12,16,20,22H,2-3,5,9-10,13-15,17-19H2,1H3,(H,27,29,30). The molecule has 0 saturated carbocycles. The number of nitrogens with zero attached hydrogens (tertiary/aromatic N) is 6. The lowest BCUT2D eigenvalue weighted by atomic mass is 10.1. The van der Waals surface area contributed by atoms with Crippen LogP contribution in [0.3, 0.4) is 0 Å². The van der Waals surface area contributed by atoms with Crippen molar-refractivity contribution in [3.8, 4) is 11.5 Å². The number of hydrogen-bond donors (Lipinski definition) is 1. The molecule has 0 aliphatic carbocycles. The van der Waals surface area contributed by atoms with Gasteiger partial charge in [0.05, 0.1) is 19.8 Å². The van der Waals surface area contributed by atoms with E-state index in [0.29, 0.717) is 18.6 Å². The minimum atomic E-state index is 0.453. The Morgan fingerprint density at radius 1 is 1.03 bits per heavy atom. The zero-order valence-electron chi connectivity index (χ0n) is 20.5. The highest BCUT2D eigenvalue weighted by Crippen LogP contribution is 2.32. The summed E-state index contributed by atoms with van der Waals surface area (Å²) in [4.78, 5) is 14.0. The van der Waals surface area contributed by atoms with Gasteiger partial charge in [0.2, 0.25) is 5.95 Å².